The molecule has 0 heterocycles. The van der Waals surface area contributed by atoms with E-state index in [1.165, 1.54) is 37.4 Å². The summed E-state index contributed by atoms with van der Waals surface area (Å²) in [6.45, 7) is 1.60. The predicted octanol–water partition coefficient (Wildman–Crippen LogP) is 1.98. The average molecular weight is 396 g/mol. The minimum absolute atomic E-state index is 0.0868. The Kier molecular flexibility index (Phi) is 6.27. The van der Waals surface area contributed by atoms with Crippen molar-refractivity contribution in [2.24, 2.45) is 0 Å². The highest BCUT2D eigenvalue weighted by Gasteiger charge is 2.19. The highest BCUT2D eigenvalue weighted by atomic mass is 32.2. The van der Waals surface area contributed by atoms with Gasteiger partial charge in [0.1, 0.15) is 5.75 Å². The lowest BCUT2D eigenvalue weighted by atomic mass is 10.1. The number of carbonyl (C=O) groups is 2. The SMILES string of the molecule is CNC(=O)CS(=O)(=O)c1ccc(C(=O)NC(C)c2ccc(F)c(F)c2)cc1. The van der Waals surface area contributed by atoms with Crippen LogP contribution in [0, 0.1) is 11.6 Å². The highest BCUT2D eigenvalue weighted by molar-refractivity contribution is 7.92. The van der Waals surface area contributed by atoms with Crippen molar-refractivity contribution in [3.05, 3.63) is 65.2 Å². The van der Waals surface area contributed by atoms with Gasteiger partial charge in [0.05, 0.1) is 10.9 Å². The molecule has 1 atom stereocenters. The first kappa shape index (κ1) is 20.5. The number of rotatable bonds is 6. The molecule has 0 fully saturated rings. The van der Waals surface area contributed by atoms with Crippen LogP contribution in [-0.4, -0.2) is 33.0 Å². The van der Waals surface area contributed by atoms with Crippen LogP contribution in [0.25, 0.3) is 0 Å². The third kappa shape index (κ3) is 5.10. The summed E-state index contributed by atoms with van der Waals surface area (Å²) < 4.78 is 50.4. The van der Waals surface area contributed by atoms with Gasteiger partial charge in [0, 0.05) is 12.6 Å². The fraction of sp³-hybridized carbons (Fsp3) is 0.222. The smallest absolute Gasteiger partial charge is 0.251 e. The molecular weight excluding hydrogens is 378 g/mol. The van der Waals surface area contributed by atoms with Crippen LogP contribution in [0.5, 0.6) is 0 Å². The monoisotopic (exact) mass is 396 g/mol. The van der Waals surface area contributed by atoms with Crippen LogP contribution < -0.4 is 10.6 Å². The lowest BCUT2D eigenvalue weighted by molar-refractivity contribution is -0.118. The Morgan fingerprint density at radius 2 is 1.67 bits per heavy atom. The highest BCUT2D eigenvalue weighted by Crippen LogP contribution is 2.17. The molecular formula is C18H18F2N2O4S. The van der Waals surface area contributed by atoms with Gasteiger partial charge in [0.25, 0.3) is 5.91 Å². The molecule has 2 N–H and O–H groups in total. The molecule has 0 saturated carbocycles. The molecule has 2 rings (SSSR count). The summed E-state index contributed by atoms with van der Waals surface area (Å²) in [4.78, 5) is 23.5. The minimum atomic E-state index is -3.81. The van der Waals surface area contributed by atoms with Crippen molar-refractivity contribution in [1.82, 2.24) is 10.6 Å². The van der Waals surface area contributed by atoms with Crippen molar-refractivity contribution in [3.63, 3.8) is 0 Å². The summed E-state index contributed by atoms with van der Waals surface area (Å²) in [5.74, 6) is -3.84. The van der Waals surface area contributed by atoms with Crippen LogP contribution in [0.4, 0.5) is 8.78 Å². The molecule has 2 aromatic rings. The predicted molar refractivity (Wildman–Crippen MR) is 94.8 cm³/mol. The van der Waals surface area contributed by atoms with Crippen molar-refractivity contribution >= 4 is 21.7 Å². The fourth-order valence-electron chi connectivity index (χ4n) is 2.29. The number of hydrogen-bond donors (Lipinski definition) is 2. The first-order valence-corrected chi connectivity index (χ1v) is 9.58. The van der Waals surface area contributed by atoms with Gasteiger partial charge < -0.3 is 10.6 Å². The molecule has 9 heteroatoms. The van der Waals surface area contributed by atoms with Gasteiger partial charge in [-0.25, -0.2) is 17.2 Å². The van der Waals surface area contributed by atoms with Crippen LogP contribution in [0.2, 0.25) is 0 Å². The summed E-state index contributed by atoms with van der Waals surface area (Å²) in [5, 5.41) is 4.85. The maximum absolute atomic E-state index is 13.3. The Morgan fingerprint density at radius 1 is 1.04 bits per heavy atom. The number of benzene rings is 2. The molecule has 6 nitrogen and oxygen atoms in total. The number of amides is 2. The number of nitrogens with one attached hydrogen (secondary N) is 2. The van der Waals surface area contributed by atoms with E-state index >= 15 is 0 Å². The molecule has 144 valence electrons. The summed E-state index contributed by atoms with van der Waals surface area (Å²) in [5.41, 5.74) is 0.565. The average Bonchev–Trinajstić information content (AvgIpc) is 2.63. The van der Waals surface area contributed by atoms with Crippen molar-refractivity contribution in [3.8, 4) is 0 Å². The van der Waals surface area contributed by atoms with Crippen LogP contribution in [0.15, 0.2) is 47.4 Å². The fourth-order valence-corrected chi connectivity index (χ4v) is 3.49. The number of sulfone groups is 1. The largest absolute Gasteiger partial charge is 0.358 e. The molecule has 0 aliphatic carbocycles. The molecule has 0 radical (unpaired) electrons. The lowest BCUT2D eigenvalue weighted by Gasteiger charge is -2.15. The second-order valence-electron chi connectivity index (χ2n) is 5.83. The third-order valence-corrected chi connectivity index (χ3v) is 5.50. The van der Waals surface area contributed by atoms with Crippen molar-refractivity contribution in [2.45, 2.75) is 17.9 Å². The van der Waals surface area contributed by atoms with E-state index in [2.05, 4.69) is 10.6 Å². The van der Waals surface area contributed by atoms with E-state index < -0.39 is 45.1 Å². The standard InChI is InChI=1S/C18H18F2N2O4S/c1-11(13-5-8-15(19)16(20)9-13)22-18(24)12-3-6-14(7-4-12)27(25,26)10-17(23)21-2/h3-9,11H,10H2,1-2H3,(H,21,23)(H,22,24). The van der Waals surface area contributed by atoms with E-state index in [1.807, 2.05) is 0 Å². The molecule has 0 bridgehead atoms. The lowest BCUT2D eigenvalue weighted by Crippen LogP contribution is -2.27. The Morgan fingerprint density at radius 3 is 2.22 bits per heavy atom. The quantitative estimate of drug-likeness (QED) is 0.781. The number of carbonyl (C=O) groups excluding carboxylic acids is 2. The van der Waals surface area contributed by atoms with Gasteiger partial charge in [0.2, 0.25) is 5.91 Å². The van der Waals surface area contributed by atoms with Gasteiger partial charge in [-0.15, -0.1) is 0 Å². The Balaban J connectivity index is 2.11. The second kappa shape index (κ2) is 8.26. The third-order valence-electron chi connectivity index (χ3n) is 3.87. The Labute approximate surface area is 155 Å². The van der Waals surface area contributed by atoms with Crippen molar-refractivity contribution in [1.29, 1.82) is 0 Å². The second-order valence-corrected chi connectivity index (χ2v) is 7.81. The summed E-state index contributed by atoms with van der Waals surface area (Å²) in [7, 11) is -2.48. The zero-order chi connectivity index (χ0) is 20.2. The molecule has 2 aromatic carbocycles. The molecule has 0 spiro atoms. The van der Waals surface area contributed by atoms with Crippen LogP contribution in [0.3, 0.4) is 0 Å². The molecule has 27 heavy (non-hydrogen) atoms. The first-order chi connectivity index (χ1) is 12.6. The molecule has 0 aromatic heterocycles. The van der Waals surface area contributed by atoms with E-state index in [4.69, 9.17) is 0 Å². The molecule has 1 unspecified atom stereocenters. The van der Waals surface area contributed by atoms with Crippen LogP contribution in [-0.2, 0) is 14.6 Å². The van der Waals surface area contributed by atoms with E-state index in [-0.39, 0.29) is 10.5 Å². The van der Waals surface area contributed by atoms with E-state index in [1.54, 1.807) is 6.92 Å². The van der Waals surface area contributed by atoms with E-state index in [9.17, 15) is 26.8 Å². The van der Waals surface area contributed by atoms with Gasteiger partial charge in [-0.2, -0.15) is 0 Å². The van der Waals surface area contributed by atoms with Crippen LogP contribution in [0.1, 0.15) is 28.9 Å². The Hall–Kier alpha value is -2.81. The van der Waals surface area contributed by atoms with E-state index in [0.717, 1.165) is 12.1 Å². The topological polar surface area (TPSA) is 92.3 Å². The van der Waals surface area contributed by atoms with Gasteiger partial charge in [0.15, 0.2) is 21.5 Å². The van der Waals surface area contributed by atoms with Crippen molar-refractivity contribution in [2.75, 3.05) is 12.8 Å². The number of hydrogen-bond acceptors (Lipinski definition) is 4. The van der Waals surface area contributed by atoms with Gasteiger partial charge in [-0.3, -0.25) is 9.59 Å². The minimum Gasteiger partial charge on any atom is -0.358 e. The van der Waals surface area contributed by atoms with Gasteiger partial charge in [-0.1, -0.05) is 6.07 Å². The summed E-state index contributed by atoms with van der Waals surface area (Å²) in [6.07, 6.45) is 0. The van der Waals surface area contributed by atoms with Gasteiger partial charge >= 0.3 is 0 Å². The normalized spacial score (nSPS) is 12.3. The summed E-state index contributed by atoms with van der Waals surface area (Å²) in [6, 6.07) is 7.81. The van der Waals surface area contributed by atoms with E-state index in [0.29, 0.717) is 5.56 Å². The number of halogens is 2. The first-order valence-electron chi connectivity index (χ1n) is 7.93. The molecule has 0 aliphatic heterocycles. The maximum atomic E-state index is 13.3. The zero-order valence-corrected chi connectivity index (χ0v) is 15.4. The Bertz CT molecular complexity index is 960. The van der Waals surface area contributed by atoms with Crippen molar-refractivity contribution < 1.29 is 26.8 Å². The molecule has 0 saturated heterocycles. The summed E-state index contributed by atoms with van der Waals surface area (Å²) >= 11 is 0. The molecule has 2 amide bonds. The molecule has 0 aliphatic rings. The maximum Gasteiger partial charge on any atom is 0.251 e. The zero-order valence-electron chi connectivity index (χ0n) is 14.6. The van der Waals surface area contributed by atoms with Crippen LogP contribution >= 0.6 is 0 Å². The van der Waals surface area contributed by atoms with Gasteiger partial charge in [-0.05, 0) is 48.9 Å².